The molecule has 2 N–H and O–H groups in total. The largest absolute Gasteiger partial charge is 0.328 e. The third-order valence-corrected chi connectivity index (χ3v) is 2.04. The van der Waals surface area contributed by atoms with Crippen molar-refractivity contribution >= 4 is 5.69 Å². The van der Waals surface area contributed by atoms with Gasteiger partial charge < -0.3 is 5.73 Å². The Bertz CT molecular complexity index is 306. The molecule has 0 saturated heterocycles. The number of nitrogens with two attached hydrogens (primary N) is 1. The topological polar surface area (TPSA) is 69.2 Å². The molecule has 1 atom stereocenters. The van der Waals surface area contributed by atoms with Gasteiger partial charge in [0, 0.05) is 18.2 Å². The Balaban J connectivity index is 2.60. The van der Waals surface area contributed by atoms with Crippen LogP contribution < -0.4 is 5.73 Å². The summed E-state index contributed by atoms with van der Waals surface area (Å²) in [4.78, 5) is 9.97. The molecule has 1 aromatic carbocycles. The van der Waals surface area contributed by atoms with Crippen molar-refractivity contribution in [2.75, 3.05) is 0 Å². The van der Waals surface area contributed by atoms with Crippen molar-refractivity contribution in [3.05, 3.63) is 39.9 Å². The summed E-state index contributed by atoms with van der Waals surface area (Å²) >= 11 is 0. The van der Waals surface area contributed by atoms with E-state index >= 15 is 0 Å². The minimum atomic E-state index is -0.394. The van der Waals surface area contributed by atoms with Gasteiger partial charge in [-0.3, -0.25) is 10.1 Å². The van der Waals surface area contributed by atoms with Crippen molar-refractivity contribution in [2.45, 2.75) is 25.8 Å². The van der Waals surface area contributed by atoms with Gasteiger partial charge in [-0.15, -0.1) is 0 Å². The lowest BCUT2D eigenvalue weighted by Gasteiger charge is -2.04. The lowest BCUT2D eigenvalue weighted by molar-refractivity contribution is -0.384. The predicted octanol–water partition coefficient (Wildman–Crippen LogP) is 1.87. The lowest BCUT2D eigenvalue weighted by Crippen LogP contribution is -2.15. The van der Waals surface area contributed by atoms with Crippen LogP contribution >= 0.6 is 0 Å². The summed E-state index contributed by atoms with van der Waals surface area (Å²) in [5, 5.41) is 10.4. The quantitative estimate of drug-likeness (QED) is 0.587. The van der Waals surface area contributed by atoms with Crippen LogP contribution in [-0.4, -0.2) is 11.0 Å². The lowest BCUT2D eigenvalue weighted by atomic mass is 10.1. The number of rotatable bonds is 4. The first-order valence-corrected chi connectivity index (χ1v) is 4.58. The average molecular weight is 194 g/mol. The third kappa shape index (κ3) is 3.14. The van der Waals surface area contributed by atoms with Gasteiger partial charge in [0.15, 0.2) is 0 Å². The van der Waals surface area contributed by atoms with Crippen LogP contribution in [0.2, 0.25) is 0 Å². The van der Waals surface area contributed by atoms with Crippen LogP contribution in [0.3, 0.4) is 0 Å². The molecule has 0 spiro atoms. The maximum Gasteiger partial charge on any atom is 0.269 e. The minimum absolute atomic E-state index is 0.134. The molecule has 0 aromatic heterocycles. The van der Waals surface area contributed by atoms with Crippen LogP contribution in [0.1, 0.15) is 18.9 Å². The Morgan fingerprint density at radius 1 is 1.43 bits per heavy atom. The summed E-state index contributed by atoms with van der Waals surface area (Å²) in [6, 6.07) is 6.78. The van der Waals surface area contributed by atoms with Crippen LogP contribution in [0.5, 0.6) is 0 Å². The maximum atomic E-state index is 10.4. The van der Waals surface area contributed by atoms with E-state index in [1.807, 2.05) is 6.92 Å². The molecule has 1 rings (SSSR count). The highest BCUT2D eigenvalue weighted by atomic mass is 16.6. The number of benzene rings is 1. The number of aryl methyl sites for hydroxylation is 1. The van der Waals surface area contributed by atoms with Crippen molar-refractivity contribution in [1.82, 2.24) is 0 Å². The van der Waals surface area contributed by atoms with E-state index in [1.54, 1.807) is 12.1 Å². The van der Waals surface area contributed by atoms with E-state index in [0.29, 0.717) is 0 Å². The standard InChI is InChI=1S/C10H14N2O2/c1-8(11)2-3-9-4-6-10(7-5-9)12(13)14/h4-8H,2-3,11H2,1H3. The Labute approximate surface area is 82.9 Å². The number of nitro benzene ring substituents is 1. The third-order valence-electron chi connectivity index (χ3n) is 2.04. The van der Waals surface area contributed by atoms with Crippen molar-refractivity contribution in [3.8, 4) is 0 Å². The van der Waals surface area contributed by atoms with Crippen LogP contribution in [0, 0.1) is 10.1 Å². The van der Waals surface area contributed by atoms with Gasteiger partial charge in [-0.1, -0.05) is 12.1 Å². The van der Waals surface area contributed by atoms with E-state index < -0.39 is 4.92 Å². The molecule has 0 amide bonds. The second-order valence-electron chi connectivity index (χ2n) is 3.44. The van der Waals surface area contributed by atoms with Crippen molar-refractivity contribution in [3.63, 3.8) is 0 Å². The second kappa shape index (κ2) is 4.72. The van der Waals surface area contributed by atoms with Crippen LogP contribution in [0.15, 0.2) is 24.3 Å². The fourth-order valence-electron chi connectivity index (χ4n) is 1.18. The molecule has 0 aliphatic heterocycles. The summed E-state index contributed by atoms with van der Waals surface area (Å²) < 4.78 is 0. The number of nitrogens with zero attached hydrogens (tertiary/aromatic N) is 1. The van der Waals surface area contributed by atoms with Crippen molar-refractivity contribution in [2.24, 2.45) is 5.73 Å². The zero-order chi connectivity index (χ0) is 10.6. The zero-order valence-corrected chi connectivity index (χ0v) is 8.14. The Morgan fingerprint density at radius 3 is 2.43 bits per heavy atom. The van der Waals surface area contributed by atoms with Crippen molar-refractivity contribution in [1.29, 1.82) is 0 Å². The highest BCUT2D eigenvalue weighted by Gasteiger charge is 2.03. The Morgan fingerprint density at radius 2 is 2.00 bits per heavy atom. The molecule has 14 heavy (non-hydrogen) atoms. The van der Waals surface area contributed by atoms with Gasteiger partial charge in [0.25, 0.3) is 5.69 Å². The van der Waals surface area contributed by atoms with E-state index in [-0.39, 0.29) is 11.7 Å². The summed E-state index contributed by atoms with van der Waals surface area (Å²) in [7, 11) is 0. The molecule has 0 radical (unpaired) electrons. The Hall–Kier alpha value is -1.42. The van der Waals surface area contributed by atoms with Gasteiger partial charge in [-0.2, -0.15) is 0 Å². The van der Waals surface area contributed by atoms with E-state index in [2.05, 4.69) is 0 Å². The molecule has 76 valence electrons. The number of nitro groups is 1. The maximum absolute atomic E-state index is 10.4. The first-order valence-electron chi connectivity index (χ1n) is 4.58. The second-order valence-corrected chi connectivity index (χ2v) is 3.44. The van der Waals surface area contributed by atoms with Gasteiger partial charge in [-0.05, 0) is 25.3 Å². The molecule has 0 aliphatic rings. The van der Waals surface area contributed by atoms with E-state index in [0.717, 1.165) is 18.4 Å². The fourth-order valence-corrected chi connectivity index (χ4v) is 1.18. The molecule has 0 fully saturated rings. The molecular formula is C10H14N2O2. The predicted molar refractivity (Wildman–Crippen MR) is 55.1 cm³/mol. The molecule has 0 aliphatic carbocycles. The summed E-state index contributed by atoms with van der Waals surface area (Å²) in [5.74, 6) is 0. The summed E-state index contributed by atoms with van der Waals surface area (Å²) in [5.41, 5.74) is 6.83. The Kier molecular flexibility index (Phi) is 3.59. The van der Waals surface area contributed by atoms with Gasteiger partial charge in [-0.25, -0.2) is 0 Å². The molecule has 0 bridgehead atoms. The SMILES string of the molecule is CC(N)CCc1ccc([N+](=O)[O-])cc1. The van der Waals surface area contributed by atoms with Gasteiger partial charge in [0.05, 0.1) is 4.92 Å². The van der Waals surface area contributed by atoms with Crippen LogP contribution in [0.4, 0.5) is 5.69 Å². The highest BCUT2D eigenvalue weighted by Crippen LogP contribution is 2.13. The smallest absolute Gasteiger partial charge is 0.269 e. The minimum Gasteiger partial charge on any atom is -0.328 e. The zero-order valence-electron chi connectivity index (χ0n) is 8.14. The van der Waals surface area contributed by atoms with Gasteiger partial charge in [0.1, 0.15) is 0 Å². The number of hydrogen-bond acceptors (Lipinski definition) is 3. The van der Waals surface area contributed by atoms with Crippen LogP contribution in [-0.2, 0) is 6.42 Å². The van der Waals surface area contributed by atoms with E-state index in [4.69, 9.17) is 5.73 Å². The van der Waals surface area contributed by atoms with Gasteiger partial charge in [0.2, 0.25) is 0 Å². The molecule has 1 unspecified atom stereocenters. The monoisotopic (exact) mass is 194 g/mol. The number of hydrogen-bond donors (Lipinski definition) is 1. The number of non-ortho nitro benzene ring substituents is 1. The van der Waals surface area contributed by atoms with Crippen LogP contribution in [0.25, 0.3) is 0 Å². The normalized spacial score (nSPS) is 12.4. The summed E-state index contributed by atoms with van der Waals surface area (Å²) in [6.07, 6.45) is 1.77. The molecule has 0 heterocycles. The van der Waals surface area contributed by atoms with Crippen molar-refractivity contribution < 1.29 is 4.92 Å². The molecular weight excluding hydrogens is 180 g/mol. The molecule has 0 saturated carbocycles. The van der Waals surface area contributed by atoms with Gasteiger partial charge >= 0.3 is 0 Å². The fraction of sp³-hybridized carbons (Fsp3) is 0.400. The molecule has 1 aromatic rings. The molecule has 4 nitrogen and oxygen atoms in total. The molecule has 4 heteroatoms. The van der Waals surface area contributed by atoms with E-state index in [9.17, 15) is 10.1 Å². The summed E-state index contributed by atoms with van der Waals surface area (Å²) in [6.45, 7) is 1.95. The first kappa shape index (κ1) is 10.7. The highest BCUT2D eigenvalue weighted by molar-refractivity contribution is 5.32. The first-order chi connectivity index (χ1) is 6.59. The average Bonchev–Trinajstić information content (AvgIpc) is 2.15. The van der Waals surface area contributed by atoms with E-state index in [1.165, 1.54) is 12.1 Å².